The average molecular weight is 486 g/mol. The first kappa shape index (κ1) is 25.7. The van der Waals surface area contributed by atoms with E-state index in [0.29, 0.717) is 11.5 Å². The predicted octanol–water partition coefficient (Wildman–Crippen LogP) is 5.32. The largest absolute Gasteiger partial charge is 0.481 e. The maximum atomic E-state index is 12.8. The second-order valence-electron chi connectivity index (χ2n) is 7.88. The fourth-order valence-corrected chi connectivity index (χ4v) is 3.43. The third kappa shape index (κ3) is 7.26. The van der Waals surface area contributed by atoms with Crippen LogP contribution in [-0.2, 0) is 11.0 Å². The molecule has 1 atom stereocenters. The normalized spacial score (nSPS) is 12.1. The summed E-state index contributed by atoms with van der Waals surface area (Å²) >= 11 is 0. The highest BCUT2D eigenvalue weighted by Gasteiger charge is 2.30. The van der Waals surface area contributed by atoms with E-state index >= 15 is 0 Å². The van der Waals surface area contributed by atoms with Gasteiger partial charge in [0.1, 0.15) is 0 Å². The summed E-state index contributed by atoms with van der Waals surface area (Å²) in [5, 5.41) is 14.4. The van der Waals surface area contributed by atoms with Crippen LogP contribution in [0, 0.1) is 0 Å². The summed E-state index contributed by atoms with van der Waals surface area (Å²) in [7, 11) is 0. The van der Waals surface area contributed by atoms with Gasteiger partial charge in [0, 0.05) is 18.9 Å². The first-order valence-corrected chi connectivity index (χ1v) is 11.0. The lowest BCUT2D eigenvalue weighted by molar-refractivity contribution is -0.138. The molecule has 0 bridgehead atoms. The van der Waals surface area contributed by atoms with Gasteiger partial charge in [-0.3, -0.25) is 9.59 Å². The minimum Gasteiger partial charge on any atom is -0.481 e. The topological polar surface area (TPSA) is 104 Å². The quantitative estimate of drug-likeness (QED) is 0.358. The number of nitrogens with zero attached hydrogens (tertiary/aromatic N) is 2. The number of amides is 1. The summed E-state index contributed by atoms with van der Waals surface area (Å²) < 4.78 is 38.4. The van der Waals surface area contributed by atoms with E-state index in [-0.39, 0.29) is 24.6 Å². The number of anilines is 1. The molecule has 0 aliphatic rings. The van der Waals surface area contributed by atoms with Gasteiger partial charge in [0.15, 0.2) is 0 Å². The first-order valence-electron chi connectivity index (χ1n) is 11.0. The fourth-order valence-electron chi connectivity index (χ4n) is 3.43. The van der Waals surface area contributed by atoms with Crippen molar-refractivity contribution in [3.8, 4) is 11.1 Å². The van der Waals surface area contributed by atoms with E-state index < -0.39 is 23.6 Å². The first-order chi connectivity index (χ1) is 16.7. The van der Waals surface area contributed by atoms with Crippen LogP contribution < -0.4 is 10.6 Å². The monoisotopic (exact) mass is 486 g/mol. The van der Waals surface area contributed by atoms with E-state index in [1.54, 1.807) is 0 Å². The highest BCUT2D eigenvalue weighted by Crippen LogP contribution is 2.31. The maximum absolute atomic E-state index is 12.8. The molecule has 0 aliphatic heterocycles. The van der Waals surface area contributed by atoms with Crippen LogP contribution in [-0.4, -0.2) is 33.5 Å². The Hall–Kier alpha value is -3.95. The van der Waals surface area contributed by atoms with Crippen molar-refractivity contribution < 1.29 is 27.9 Å². The number of hydrogen-bond acceptors (Lipinski definition) is 5. The van der Waals surface area contributed by atoms with Crippen molar-refractivity contribution in [3.63, 3.8) is 0 Å². The zero-order valence-corrected chi connectivity index (χ0v) is 19.0. The van der Waals surface area contributed by atoms with Gasteiger partial charge in [-0.05, 0) is 35.2 Å². The van der Waals surface area contributed by atoms with Crippen LogP contribution >= 0.6 is 0 Å². The smallest absolute Gasteiger partial charge is 0.416 e. The van der Waals surface area contributed by atoms with E-state index in [1.165, 1.54) is 24.5 Å². The number of alkyl halides is 3. The molecule has 35 heavy (non-hydrogen) atoms. The van der Waals surface area contributed by atoms with Crippen molar-refractivity contribution in [1.82, 2.24) is 15.3 Å². The third-order valence-electron chi connectivity index (χ3n) is 5.28. The molecule has 1 heterocycles. The summed E-state index contributed by atoms with van der Waals surface area (Å²) in [6.07, 6.45) is -0.165. The number of carboxylic acids is 1. The van der Waals surface area contributed by atoms with Gasteiger partial charge in [-0.25, -0.2) is 9.97 Å². The van der Waals surface area contributed by atoms with Gasteiger partial charge >= 0.3 is 12.1 Å². The molecular weight excluding hydrogens is 461 g/mol. The Morgan fingerprint density at radius 1 is 0.971 bits per heavy atom. The number of carbonyl (C=O) groups is 2. The Kier molecular flexibility index (Phi) is 8.40. The van der Waals surface area contributed by atoms with Crippen LogP contribution in [0.25, 0.3) is 11.1 Å². The lowest BCUT2D eigenvalue weighted by Gasteiger charge is -2.19. The highest BCUT2D eigenvalue weighted by atomic mass is 19.4. The van der Waals surface area contributed by atoms with Gasteiger partial charge in [-0.15, -0.1) is 0 Å². The van der Waals surface area contributed by atoms with Gasteiger partial charge < -0.3 is 15.7 Å². The molecular formula is C25H25F3N4O3. The second kappa shape index (κ2) is 11.5. The van der Waals surface area contributed by atoms with Crippen LogP contribution in [0.15, 0.2) is 60.9 Å². The molecule has 0 fully saturated rings. The van der Waals surface area contributed by atoms with Crippen molar-refractivity contribution in [2.75, 3.05) is 11.9 Å². The van der Waals surface area contributed by atoms with Crippen LogP contribution in [0.3, 0.4) is 0 Å². The summed E-state index contributed by atoms with van der Waals surface area (Å²) in [5.74, 6) is -1.13. The van der Waals surface area contributed by atoms with E-state index in [1.807, 2.05) is 31.2 Å². The minimum atomic E-state index is -4.37. The number of carboxylic acid groups (broad SMARTS) is 1. The number of aromatic nitrogens is 2. The number of nitrogens with one attached hydrogen (secondary N) is 2. The number of rotatable bonds is 10. The highest BCUT2D eigenvalue weighted by molar-refractivity contribution is 5.93. The van der Waals surface area contributed by atoms with E-state index in [2.05, 4.69) is 20.6 Å². The van der Waals surface area contributed by atoms with E-state index in [4.69, 9.17) is 5.11 Å². The van der Waals surface area contributed by atoms with E-state index in [9.17, 15) is 22.8 Å². The lowest BCUT2D eigenvalue weighted by atomic mass is 9.98. The van der Waals surface area contributed by atoms with Gasteiger partial charge in [-0.2, -0.15) is 13.2 Å². The molecule has 10 heteroatoms. The number of carbonyl (C=O) groups excluding carboxylic acids is 1. The number of benzene rings is 2. The van der Waals surface area contributed by atoms with Crippen molar-refractivity contribution in [2.24, 2.45) is 0 Å². The zero-order valence-electron chi connectivity index (χ0n) is 19.0. The Morgan fingerprint density at radius 2 is 1.54 bits per heavy atom. The third-order valence-corrected chi connectivity index (χ3v) is 5.28. The number of hydrogen-bond donors (Lipinski definition) is 3. The molecule has 0 aliphatic carbocycles. The van der Waals surface area contributed by atoms with E-state index in [0.717, 1.165) is 36.1 Å². The summed E-state index contributed by atoms with van der Waals surface area (Å²) in [6, 6.07) is 12.4. The van der Waals surface area contributed by atoms with Crippen molar-refractivity contribution in [3.05, 3.63) is 77.6 Å². The van der Waals surface area contributed by atoms with Crippen LogP contribution in [0.4, 0.5) is 19.1 Å². The SMILES string of the molecule is CCCC(Nc1ncc(C(=O)NCCC(=O)O)cn1)c1ccc(-c2ccc(C(F)(F)F)cc2)cc1. The van der Waals surface area contributed by atoms with Crippen molar-refractivity contribution in [1.29, 1.82) is 0 Å². The maximum Gasteiger partial charge on any atom is 0.416 e. The Bertz CT molecular complexity index is 1130. The summed E-state index contributed by atoms with van der Waals surface area (Å²) in [6.45, 7) is 2.05. The summed E-state index contributed by atoms with van der Waals surface area (Å²) in [5.41, 5.74) is 1.97. The molecule has 3 rings (SSSR count). The van der Waals surface area contributed by atoms with Crippen LogP contribution in [0.5, 0.6) is 0 Å². The average Bonchev–Trinajstić information content (AvgIpc) is 2.83. The predicted molar refractivity (Wildman–Crippen MR) is 125 cm³/mol. The molecule has 0 saturated heterocycles. The molecule has 184 valence electrons. The summed E-state index contributed by atoms with van der Waals surface area (Å²) in [4.78, 5) is 31.0. The number of aliphatic carboxylic acids is 1. The molecule has 0 spiro atoms. The lowest BCUT2D eigenvalue weighted by Crippen LogP contribution is -2.26. The van der Waals surface area contributed by atoms with Crippen LogP contribution in [0.2, 0.25) is 0 Å². The standard InChI is InChI=1S/C25H25F3N4O3/c1-2-3-21(32-24-30-14-19(15-31-24)23(35)29-13-12-22(33)34)18-6-4-16(5-7-18)17-8-10-20(11-9-17)25(26,27)28/h4-11,14-15,21H,2-3,12-13H2,1H3,(H,29,35)(H,33,34)(H,30,31,32). The minimum absolute atomic E-state index is 0.00914. The molecule has 7 nitrogen and oxygen atoms in total. The van der Waals surface area contributed by atoms with Gasteiger partial charge in [0.2, 0.25) is 5.95 Å². The molecule has 0 radical (unpaired) electrons. The Balaban J connectivity index is 1.67. The molecule has 3 aromatic rings. The van der Waals surface area contributed by atoms with Crippen molar-refractivity contribution in [2.45, 2.75) is 38.4 Å². The molecule has 1 unspecified atom stereocenters. The van der Waals surface area contributed by atoms with Gasteiger partial charge in [-0.1, -0.05) is 49.7 Å². The van der Waals surface area contributed by atoms with Crippen molar-refractivity contribution >= 4 is 17.8 Å². The molecule has 1 aromatic heterocycles. The second-order valence-corrected chi connectivity index (χ2v) is 7.88. The molecule has 1 amide bonds. The van der Waals surface area contributed by atoms with Gasteiger partial charge in [0.05, 0.1) is 23.6 Å². The Morgan fingerprint density at radius 3 is 2.06 bits per heavy atom. The Labute approximate surface area is 200 Å². The van der Waals surface area contributed by atoms with Crippen LogP contribution in [0.1, 0.15) is 53.7 Å². The molecule has 2 aromatic carbocycles. The fraction of sp³-hybridized carbons (Fsp3) is 0.280. The molecule has 3 N–H and O–H groups in total. The number of halogens is 3. The van der Waals surface area contributed by atoms with Gasteiger partial charge in [0.25, 0.3) is 5.91 Å². The zero-order chi connectivity index (χ0) is 25.4. The molecule has 0 saturated carbocycles.